The van der Waals surface area contributed by atoms with E-state index in [4.69, 9.17) is 9.47 Å². The summed E-state index contributed by atoms with van der Waals surface area (Å²) in [5.74, 6) is -0.347. The lowest BCUT2D eigenvalue weighted by Gasteiger charge is -2.23. The highest BCUT2D eigenvalue weighted by Gasteiger charge is 2.21. The van der Waals surface area contributed by atoms with Gasteiger partial charge in [-0.2, -0.15) is 0 Å². The second-order valence-corrected chi connectivity index (χ2v) is 7.27. The Morgan fingerprint density at radius 2 is 1.92 bits per heavy atom. The Morgan fingerprint density at radius 3 is 2.54 bits per heavy atom. The number of nitrogens with one attached hydrogen (secondary N) is 1. The van der Waals surface area contributed by atoms with Crippen molar-refractivity contribution in [1.29, 1.82) is 0 Å². The average Bonchev–Trinajstić information content (AvgIpc) is 2.51. The number of aryl methyl sites for hydroxylation is 1. The lowest BCUT2D eigenvalue weighted by molar-refractivity contribution is -0.119. The van der Waals surface area contributed by atoms with Crippen LogP contribution >= 0.6 is 0 Å². The van der Waals surface area contributed by atoms with Gasteiger partial charge in [0.15, 0.2) is 0 Å². The van der Waals surface area contributed by atoms with Crippen LogP contribution in [0.2, 0.25) is 0 Å². The van der Waals surface area contributed by atoms with Crippen LogP contribution in [-0.2, 0) is 24.3 Å². The van der Waals surface area contributed by atoms with Crippen LogP contribution in [0.4, 0.5) is 5.69 Å². The minimum absolute atomic E-state index is 0.242. The van der Waals surface area contributed by atoms with E-state index >= 15 is 0 Å². The second-order valence-electron chi connectivity index (χ2n) is 5.36. The molecule has 0 saturated carbocycles. The molecule has 1 N–H and O–H groups in total. The molecule has 24 heavy (non-hydrogen) atoms. The lowest BCUT2D eigenvalue weighted by atomic mass is 10.2. The smallest absolute Gasteiger partial charge is 0.240 e. The standard InChI is InChI=1S/C16H26N2O5S/c1-14-7-4-5-8-15(14)18(24(3,20)21)13-16(19)17-9-6-10-23-12-11-22-2/h4-5,7-8H,6,9-13H2,1-3H3,(H,17,19). The van der Waals surface area contributed by atoms with E-state index < -0.39 is 10.0 Å². The van der Waals surface area contributed by atoms with E-state index in [0.29, 0.717) is 38.5 Å². The molecule has 1 amide bonds. The number of carbonyl (C=O) groups excluding carboxylic acids is 1. The van der Waals surface area contributed by atoms with Gasteiger partial charge < -0.3 is 14.8 Å². The van der Waals surface area contributed by atoms with Gasteiger partial charge >= 0.3 is 0 Å². The summed E-state index contributed by atoms with van der Waals surface area (Å²) in [5, 5.41) is 2.71. The molecule has 0 radical (unpaired) electrons. The molecule has 0 bridgehead atoms. The van der Waals surface area contributed by atoms with Gasteiger partial charge in [0.2, 0.25) is 15.9 Å². The number of sulfonamides is 1. The normalized spacial score (nSPS) is 11.3. The van der Waals surface area contributed by atoms with Crippen molar-refractivity contribution in [3.8, 4) is 0 Å². The summed E-state index contributed by atoms with van der Waals surface area (Å²) in [6.07, 6.45) is 1.75. The van der Waals surface area contributed by atoms with Crippen LogP contribution in [0.15, 0.2) is 24.3 Å². The minimum atomic E-state index is -3.55. The van der Waals surface area contributed by atoms with E-state index in [0.717, 1.165) is 16.1 Å². The number of amides is 1. The third-order valence-electron chi connectivity index (χ3n) is 3.29. The molecule has 136 valence electrons. The lowest BCUT2D eigenvalue weighted by Crippen LogP contribution is -2.41. The molecule has 0 aliphatic rings. The Bertz CT molecular complexity index is 619. The van der Waals surface area contributed by atoms with Crippen molar-refractivity contribution in [2.75, 3.05) is 50.6 Å². The van der Waals surface area contributed by atoms with Crippen LogP contribution in [-0.4, -0.2) is 60.6 Å². The third kappa shape index (κ3) is 7.29. The van der Waals surface area contributed by atoms with E-state index in [1.165, 1.54) is 0 Å². The molecular weight excluding hydrogens is 332 g/mol. The molecule has 0 heterocycles. The van der Waals surface area contributed by atoms with Crippen LogP contribution in [0, 0.1) is 6.92 Å². The van der Waals surface area contributed by atoms with E-state index in [1.54, 1.807) is 19.2 Å². The SMILES string of the molecule is COCCOCCCNC(=O)CN(c1ccccc1C)S(C)(=O)=O. The maximum absolute atomic E-state index is 12.0. The fourth-order valence-corrected chi connectivity index (χ4v) is 2.97. The van der Waals surface area contributed by atoms with Gasteiger partial charge in [0.1, 0.15) is 6.54 Å². The first-order valence-corrected chi connectivity index (χ1v) is 9.58. The number of para-hydroxylation sites is 1. The molecule has 1 rings (SSSR count). The van der Waals surface area contributed by atoms with E-state index in [2.05, 4.69) is 5.32 Å². The largest absolute Gasteiger partial charge is 0.382 e. The van der Waals surface area contributed by atoms with Gasteiger partial charge in [0.25, 0.3) is 0 Å². The van der Waals surface area contributed by atoms with Crippen molar-refractivity contribution in [2.24, 2.45) is 0 Å². The van der Waals surface area contributed by atoms with Crippen molar-refractivity contribution < 1.29 is 22.7 Å². The quantitative estimate of drug-likeness (QED) is 0.595. The first-order valence-electron chi connectivity index (χ1n) is 7.73. The van der Waals surface area contributed by atoms with Crippen molar-refractivity contribution in [2.45, 2.75) is 13.3 Å². The summed E-state index contributed by atoms with van der Waals surface area (Å²) in [4.78, 5) is 12.0. The number of anilines is 1. The van der Waals surface area contributed by atoms with Crippen molar-refractivity contribution in [3.05, 3.63) is 29.8 Å². The highest BCUT2D eigenvalue weighted by Crippen LogP contribution is 2.21. The molecule has 7 nitrogen and oxygen atoms in total. The summed E-state index contributed by atoms with van der Waals surface area (Å²) >= 11 is 0. The summed E-state index contributed by atoms with van der Waals surface area (Å²) in [6.45, 7) is 3.55. The Balaban J connectivity index is 2.51. The van der Waals surface area contributed by atoms with Crippen LogP contribution in [0.25, 0.3) is 0 Å². The zero-order valence-corrected chi connectivity index (χ0v) is 15.3. The molecule has 8 heteroatoms. The van der Waals surface area contributed by atoms with Crippen LogP contribution in [0.1, 0.15) is 12.0 Å². The summed E-state index contributed by atoms with van der Waals surface area (Å²) in [7, 11) is -1.94. The topological polar surface area (TPSA) is 84.9 Å². The predicted molar refractivity (Wildman–Crippen MR) is 93.7 cm³/mol. The number of hydrogen-bond donors (Lipinski definition) is 1. The molecule has 0 fully saturated rings. The average molecular weight is 358 g/mol. The number of nitrogens with zero attached hydrogens (tertiary/aromatic N) is 1. The van der Waals surface area contributed by atoms with Crippen molar-refractivity contribution in [3.63, 3.8) is 0 Å². The van der Waals surface area contributed by atoms with Crippen LogP contribution in [0.3, 0.4) is 0 Å². The molecule has 0 spiro atoms. The summed E-state index contributed by atoms with van der Waals surface area (Å²) in [6, 6.07) is 7.06. The molecule has 0 atom stereocenters. The Hall–Kier alpha value is -1.64. The highest BCUT2D eigenvalue weighted by atomic mass is 32.2. The predicted octanol–water partition coefficient (Wildman–Crippen LogP) is 0.930. The van der Waals surface area contributed by atoms with Crippen LogP contribution in [0.5, 0.6) is 0 Å². The van der Waals surface area contributed by atoms with Gasteiger partial charge in [-0.25, -0.2) is 8.42 Å². The second kappa shape index (κ2) is 10.3. The molecule has 1 aromatic rings. The molecule has 0 unspecified atom stereocenters. The molecule has 1 aromatic carbocycles. The summed E-state index contributed by atoms with van der Waals surface area (Å²) < 4.78 is 35.3. The number of hydrogen-bond acceptors (Lipinski definition) is 5. The molecule has 0 saturated heterocycles. The number of methoxy groups -OCH3 is 1. The molecular formula is C16H26N2O5S. The fourth-order valence-electron chi connectivity index (χ4n) is 2.06. The summed E-state index contributed by atoms with van der Waals surface area (Å²) in [5.41, 5.74) is 1.31. The van der Waals surface area contributed by atoms with Gasteiger partial charge in [0.05, 0.1) is 25.2 Å². The van der Waals surface area contributed by atoms with Crippen LogP contribution < -0.4 is 9.62 Å². The Kier molecular flexibility index (Phi) is 8.73. The minimum Gasteiger partial charge on any atom is -0.382 e. The van der Waals surface area contributed by atoms with E-state index in [9.17, 15) is 13.2 Å². The highest BCUT2D eigenvalue weighted by molar-refractivity contribution is 7.92. The maximum Gasteiger partial charge on any atom is 0.240 e. The van der Waals surface area contributed by atoms with E-state index in [-0.39, 0.29) is 12.5 Å². The molecule has 0 aliphatic heterocycles. The monoisotopic (exact) mass is 358 g/mol. The third-order valence-corrected chi connectivity index (χ3v) is 4.42. The number of benzene rings is 1. The van der Waals surface area contributed by atoms with Crippen molar-refractivity contribution >= 4 is 21.6 Å². The fraction of sp³-hybridized carbons (Fsp3) is 0.562. The zero-order chi connectivity index (χ0) is 18.0. The van der Waals surface area contributed by atoms with E-state index in [1.807, 2.05) is 19.1 Å². The van der Waals surface area contributed by atoms with Gasteiger partial charge in [-0.3, -0.25) is 9.10 Å². The number of ether oxygens (including phenoxy) is 2. The first kappa shape index (κ1) is 20.4. The van der Waals surface area contributed by atoms with Gasteiger partial charge in [-0.1, -0.05) is 18.2 Å². The number of rotatable bonds is 11. The number of carbonyl (C=O) groups is 1. The van der Waals surface area contributed by atoms with Gasteiger partial charge in [0, 0.05) is 20.3 Å². The Labute approximate surface area is 144 Å². The van der Waals surface area contributed by atoms with Gasteiger partial charge in [-0.05, 0) is 25.0 Å². The molecule has 0 aromatic heterocycles. The zero-order valence-electron chi connectivity index (χ0n) is 14.4. The molecule has 0 aliphatic carbocycles. The maximum atomic E-state index is 12.0. The van der Waals surface area contributed by atoms with Gasteiger partial charge in [-0.15, -0.1) is 0 Å². The first-order chi connectivity index (χ1) is 11.4. The Morgan fingerprint density at radius 1 is 1.21 bits per heavy atom. The van der Waals surface area contributed by atoms with Crippen molar-refractivity contribution in [1.82, 2.24) is 5.32 Å².